The minimum Gasteiger partial charge on any atom is -0.480 e. The number of carboxylic acid groups (broad SMARTS) is 1. The van der Waals surface area contributed by atoms with Crippen LogP contribution < -0.4 is 5.73 Å². The minimum absolute atomic E-state index is 0.136. The van der Waals surface area contributed by atoms with Crippen LogP contribution in [0.15, 0.2) is 48.6 Å². The number of phosphoric ester groups is 1. The number of aliphatic carboxylic acids is 1. The zero-order chi connectivity index (χ0) is 38.5. The summed E-state index contributed by atoms with van der Waals surface area (Å²) in [5.74, 6) is -2.42. The molecule has 0 fully saturated rings. The molecule has 3 atom stereocenters. The van der Waals surface area contributed by atoms with Crippen molar-refractivity contribution in [3.05, 3.63) is 48.6 Å². The zero-order valence-electron chi connectivity index (χ0n) is 32.1. The van der Waals surface area contributed by atoms with Gasteiger partial charge in [0.15, 0.2) is 6.10 Å². The molecular weight excluding hydrogens is 685 g/mol. The fraction of sp³-hybridized carbons (Fsp3) is 0.725. The molecule has 0 saturated carbocycles. The summed E-state index contributed by atoms with van der Waals surface area (Å²) in [6.45, 7) is 2.61. The molecule has 0 aromatic heterocycles. The number of ether oxygens (including phenoxy) is 2. The highest BCUT2D eigenvalue weighted by Gasteiger charge is 2.28. The predicted molar refractivity (Wildman–Crippen MR) is 208 cm³/mol. The molecule has 0 bridgehead atoms. The molecule has 0 aliphatic heterocycles. The number of allylic oxidation sites excluding steroid dienone is 8. The number of rotatable bonds is 36. The number of carbonyl (C=O) groups excluding carboxylic acids is 2. The first kappa shape index (κ1) is 49.4. The van der Waals surface area contributed by atoms with Gasteiger partial charge < -0.3 is 25.2 Å². The number of hydrogen-bond donors (Lipinski definition) is 3. The smallest absolute Gasteiger partial charge is 0.472 e. The molecule has 2 unspecified atom stereocenters. The van der Waals surface area contributed by atoms with Crippen molar-refractivity contribution in [2.45, 2.75) is 167 Å². The first-order chi connectivity index (χ1) is 25.1. The van der Waals surface area contributed by atoms with E-state index in [1.54, 1.807) is 0 Å². The molecule has 0 aliphatic rings. The van der Waals surface area contributed by atoms with Crippen LogP contribution in [0.5, 0.6) is 0 Å². The molecule has 0 saturated heterocycles. The number of unbranched alkanes of at least 4 members (excludes halogenated alkanes) is 16. The second-order valence-electron chi connectivity index (χ2n) is 13.1. The molecule has 0 aromatic carbocycles. The van der Waals surface area contributed by atoms with Crippen LogP contribution in [0.4, 0.5) is 0 Å². The molecule has 0 heterocycles. The van der Waals surface area contributed by atoms with Crippen molar-refractivity contribution in [3.63, 3.8) is 0 Å². The lowest BCUT2D eigenvalue weighted by molar-refractivity contribution is -0.161. The first-order valence-electron chi connectivity index (χ1n) is 19.7. The summed E-state index contributed by atoms with van der Waals surface area (Å²) in [6, 6.07) is -1.53. The van der Waals surface area contributed by atoms with Crippen LogP contribution in [0, 0.1) is 0 Å². The summed E-state index contributed by atoms with van der Waals surface area (Å²) in [5.41, 5.74) is 5.32. The number of hydrogen-bond acceptors (Lipinski definition) is 9. The summed E-state index contributed by atoms with van der Waals surface area (Å²) in [6.07, 6.45) is 37.5. The van der Waals surface area contributed by atoms with Crippen molar-refractivity contribution in [2.24, 2.45) is 5.73 Å². The Bertz CT molecular complexity index is 1070. The fourth-order valence-electron chi connectivity index (χ4n) is 5.00. The lowest BCUT2D eigenvalue weighted by Gasteiger charge is -2.20. The molecule has 4 N–H and O–H groups in total. The summed E-state index contributed by atoms with van der Waals surface area (Å²) >= 11 is 0. The van der Waals surface area contributed by atoms with E-state index in [0.717, 1.165) is 64.2 Å². The van der Waals surface area contributed by atoms with Crippen molar-refractivity contribution >= 4 is 25.7 Å². The van der Waals surface area contributed by atoms with Crippen LogP contribution in [0.2, 0.25) is 0 Å². The quantitative estimate of drug-likeness (QED) is 0.0183. The summed E-state index contributed by atoms with van der Waals surface area (Å²) < 4.78 is 32.6. The van der Waals surface area contributed by atoms with Crippen LogP contribution in [0.3, 0.4) is 0 Å². The molecule has 0 spiro atoms. The topological polar surface area (TPSA) is 172 Å². The van der Waals surface area contributed by atoms with Gasteiger partial charge in [0, 0.05) is 12.8 Å². The Labute approximate surface area is 314 Å². The van der Waals surface area contributed by atoms with Crippen LogP contribution in [0.25, 0.3) is 0 Å². The Balaban J connectivity index is 4.45. The maximum atomic E-state index is 12.6. The maximum Gasteiger partial charge on any atom is 0.472 e. The second kappa shape index (κ2) is 35.5. The minimum atomic E-state index is -4.72. The van der Waals surface area contributed by atoms with Gasteiger partial charge in [-0.15, -0.1) is 0 Å². The van der Waals surface area contributed by atoms with E-state index in [-0.39, 0.29) is 19.4 Å². The van der Waals surface area contributed by atoms with Gasteiger partial charge in [-0.3, -0.25) is 23.4 Å². The van der Waals surface area contributed by atoms with Gasteiger partial charge in [-0.2, -0.15) is 0 Å². The van der Waals surface area contributed by atoms with Crippen molar-refractivity contribution in [1.29, 1.82) is 0 Å². The average molecular weight is 756 g/mol. The third kappa shape index (κ3) is 34.5. The predicted octanol–water partition coefficient (Wildman–Crippen LogP) is 9.83. The van der Waals surface area contributed by atoms with Gasteiger partial charge in [0.1, 0.15) is 12.6 Å². The van der Waals surface area contributed by atoms with E-state index in [0.29, 0.717) is 12.8 Å². The molecule has 0 radical (unpaired) electrons. The molecule has 12 heteroatoms. The van der Waals surface area contributed by atoms with Gasteiger partial charge in [0.05, 0.1) is 13.2 Å². The van der Waals surface area contributed by atoms with Gasteiger partial charge in [-0.25, -0.2) is 4.57 Å². The van der Waals surface area contributed by atoms with Crippen molar-refractivity contribution < 1.29 is 47.5 Å². The summed E-state index contributed by atoms with van der Waals surface area (Å²) in [4.78, 5) is 45.8. The molecule has 11 nitrogen and oxygen atoms in total. The number of phosphoric acid groups is 1. The van der Waals surface area contributed by atoms with E-state index in [1.807, 2.05) is 24.3 Å². The van der Waals surface area contributed by atoms with Crippen LogP contribution in [-0.2, 0) is 37.5 Å². The van der Waals surface area contributed by atoms with E-state index in [9.17, 15) is 23.8 Å². The standard InChI is InChI=1S/C40H70NO10P/c1-3-5-7-9-11-13-15-17-18-20-21-23-25-27-29-31-38(42)48-33-36(34-49-52(46,47)50-35-37(41)40(44)45)51-39(43)32-30-28-26-24-22-19-16-14-12-10-8-6-4-2/h6,8,10,12-16,36-37H,3-5,7,9,11,17-35,41H2,1-2H3,(H,44,45)(H,46,47)/b8-6+,12-10+,15-13+,16-14+/t36?,37-/m0/s1. The van der Waals surface area contributed by atoms with E-state index >= 15 is 0 Å². The highest BCUT2D eigenvalue weighted by atomic mass is 31.2. The third-order valence-corrected chi connectivity index (χ3v) is 9.07. The van der Waals surface area contributed by atoms with E-state index < -0.39 is 51.1 Å². The molecule has 0 rings (SSSR count). The van der Waals surface area contributed by atoms with E-state index in [2.05, 4.69) is 42.7 Å². The lowest BCUT2D eigenvalue weighted by atomic mass is 10.1. The normalized spacial score (nSPS) is 14.4. The number of carbonyl (C=O) groups is 3. The zero-order valence-corrected chi connectivity index (χ0v) is 33.0. The van der Waals surface area contributed by atoms with Gasteiger partial charge in [0.2, 0.25) is 0 Å². The van der Waals surface area contributed by atoms with Gasteiger partial charge in [-0.05, 0) is 57.8 Å². The summed E-state index contributed by atoms with van der Waals surface area (Å²) in [7, 11) is -4.72. The average Bonchev–Trinajstić information content (AvgIpc) is 3.12. The Morgan fingerprint density at radius 1 is 0.615 bits per heavy atom. The summed E-state index contributed by atoms with van der Waals surface area (Å²) in [5, 5.41) is 8.86. The van der Waals surface area contributed by atoms with E-state index in [4.69, 9.17) is 24.8 Å². The first-order valence-corrected chi connectivity index (χ1v) is 21.2. The van der Waals surface area contributed by atoms with Crippen LogP contribution in [-0.4, -0.2) is 59.9 Å². The highest BCUT2D eigenvalue weighted by Crippen LogP contribution is 2.43. The molecule has 0 amide bonds. The molecule has 52 heavy (non-hydrogen) atoms. The maximum absolute atomic E-state index is 12.6. The van der Waals surface area contributed by atoms with Gasteiger partial charge >= 0.3 is 25.7 Å². The molecule has 0 aliphatic carbocycles. The number of esters is 2. The van der Waals surface area contributed by atoms with Crippen LogP contribution in [0.1, 0.15) is 155 Å². The monoisotopic (exact) mass is 755 g/mol. The lowest BCUT2D eigenvalue weighted by Crippen LogP contribution is -2.34. The largest absolute Gasteiger partial charge is 0.480 e. The van der Waals surface area contributed by atoms with Crippen LogP contribution >= 0.6 is 7.82 Å². The van der Waals surface area contributed by atoms with E-state index in [1.165, 1.54) is 51.4 Å². The second-order valence-corrected chi connectivity index (χ2v) is 14.5. The van der Waals surface area contributed by atoms with Crippen molar-refractivity contribution in [2.75, 3.05) is 19.8 Å². The Kier molecular flexibility index (Phi) is 33.7. The Hall–Kier alpha value is -2.56. The van der Waals surface area contributed by atoms with Crippen molar-refractivity contribution in [1.82, 2.24) is 0 Å². The van der Waals surface area contributed by atoms with Gasteiger partial charge in [0.25, 0.3) is 0 Å². The Morgan fingerprint density at radius 2 is 1.10 bits per heavy atom. The van der Waals surface area contributed by atoms with Crippen molar-refractivity contribution in [3.8, 4) is 0 Å². The number of nitrogens with two attached hydrogens (primary N) is 1. The molecular formula is C40H70NO10P. The molecule has 300 valence electrons. The number of carboxylic acids is 1. The Morgan fingerprint density at radius 3 is 1.65 bits per heavy atom. The highest BCUT2D eigenvalue weighted by molar-refractivity contribution is 7.47. The third-order valence-electron chi connectivity index (χ3n) is 8.12. The fourth-order valence-corrected chi connectivity index (χ4v) is 5.78. The SMILES string of the molecule is CC/C=C/C=C/C=C/CCCCCCCC(=O)OC(COC(=O)CCCCCCCCC/C=C/CCCCCC)COP(=O)(O)OC[C@H](N)C(=O)O. The molecule has 0 aromatic rings. The van der Waals surface area contributed by atoms with Gasteiger partial charge in [-0.1, -0.05) is 133 Å².